The third-order valence-electron chi connectivity index (χ3n) is 3.00. The molecule has 0 aromatic carbocycles. The normalized spacial score (nSPS) is 25.1. The predicted octanol–water partition coefficient (Wildman–Crippen LogP) is 2.26. The van der Waals surface area contributed by atoms with E-state index < -0.39 is 0 Å². The SMILES string of the molecule is Cc1ccc(C2C(=N)NC(=O)N2C2CC2)s1. The first-order valence-electron chi connectivity index (χ1n) is 5.41. The van der Waals surface area contributed by atoms with Crippen molar-refractivity contribution in [1.82, 2.24) is 10.2 Å². The summed E-state index contributed by atoms with van der Waals surface area (Å²) in [6, 6.07) is 4.13. The molecule has 1 unspecified atom stereocenters. The highest BCUT2D eigenvalue weighted by molar-refractivity contribution is 7.12. The van der Waals surface area contributed by atoms with E-state index in [0.29, 0.717) is 11.9 Å². The van der Waals surface area contributed by atoms with Gasteiger partial charge in [0.05, 0.1) is 0 Å². The highest BCUT2D eigenvalue weighted by atomic mass is 32.1. The molecule has 5 heteroatoms. The van der Waals surface area contributed by atoms with Crippen LogP contribution in [0.4, 0.5) is 4.79 Å². The fourth-order valence-electron chi connectivity index (χ4n) is 2.11. The van der Waals surface area contributed by atoms with Crippen molar-refractivity contribution in [2.75, 3.05) is 0 Å². The lowest BCUT2D eigenvalue weighted by Gasteiger charge is -2.20. The van der Waals surface area contributed by atoms with Crippen LogP contribution in [0.5, 0.6) is 0 Å². The quantitative estimate of drug-likeness (QED) is 0.811. The minimum Gasteiger partial charge on any atom is -0.306 e. The van der Waals surface area contributed by atoms with E-state index in [4.69, 9.17) is 5.41 Å². The van der Waals surface area contributed by atoms with Gasteiger partial charge in [0.2, 0.25) is 0 Å². The Morgan fingerprint density at radius 2 is 2.25 bits per heavy atom. The summed E-state index contributed by atoms with van der Waals surface area (Å²) >= 11 is 1.66. The number of nitrogens with one attached hydrogen (secondary N) is 2. The maximum atomic E-state index is 11.7. The van der Waals surface area contributed by atoms with Gasteiger partial charge in [0.1, 0.15) is 11.9 Å². The minimum absolute atomic E-state index is 0.108. The van der Waals surface area contributed by atoms with Gasteiger partial charge in [0, 0.05) is 15.8 Å². The van der Waals surface area contributed by atoms with Crippen molar-refractivity contribution in [3.63, 3.8) is 0 Å². The Labute approximate surface area is 97.8 Å². The van der Waals surface area contributed by atoms with Gasteiger partial charge < -0.3 is 4.90 Å². The Morgan fingerprint density at radius 3 is 2.81 bits per heavy atom. The molecule has 0 spiro atoms. The molecule has 1 aromatic heterocycles. The lowest BCUT2D eigenvalue weighted by molar-refractivity contribution is 0.203. The zero-order valence-electron chi connectivity index (χ0n) is 8.99. The number of nitrogens with zero attached hydrogens (tertiary/aromatic N) is 1. The standard InChI is InChI=1S/C11H13N3OS/c1-6-2-5-8(16-6)9-10(12)13-11(15)14(9)7-3-4-7/h2,5,7,9H,3-4H2,1H3,(H2,12,13,15). The third kappa shape index (κ3) is 1.43. The number of hydrogen-bond donors (Lipinski definition) is 2. The molecule has 16 heavy (non-hydrogen) atoms. The van der Waals surface area contributed by atoms with Crippen molar-refractivity contribution in [1.29, 1.82) is 5.41 Å². The first kappa shape index (κ1) is 9.84. The van der Waals surface area contributed by atoms with Gasteiger partial charge in [-0.2, -0.15) is 0 Å². The van der Waals surface area contributed by atoms with Crippen molar-refractivity contribution in [3.05, 3.63) is 21.9 Å². The molecule has 1 aliphatic heterocycles. The molecular formula is C11H13N3OS. The molecule has 4 nitrogen and oxygen atoms in total. The molecule has 1 aromatic rings. The van der Waals surface area contributed by atoms with Gasteiger partial charge in [-0.3, -0.25) is 10.7 Å². The number of aryl methyl sites for hydroxylation is 1. The molecule has 1 atom stereocenters. The lowest BCUT2D eigenvalue weighted by atomic mass is 10.2. The van der Waals surface area contributed by atoms with E-state index in [1.165, 1.54) is 4.88 Å². The van der Waals surface area contributed by atoms with E-state index in [9.17, 15) is 4.79 Å². The summed E-state index contributed by atoms with van der Waals surface area (Å²) in [5.74, 6) is 0.318. The number of hydrogen-bond acceptors (Lipinski definition) is 3. The van der Waals surface area contributed by atoms with Crippen LogP contribution >= 0.6 is 11.3 Å². The first-order chi connectivity index (χ1) is 7.66. The van der Waals surface area contributed by atoms with Gasteiger partial charge in [0.15, 0.2) is 0 Å². The summed E-state index contributed by atoms with van der Waals surface area (Å²) in [4.78, 5) is 15.9. The fourth-order valence-corrected chi connectivity index (χ4v) is 3.10. The average Bonchev–Trinajstić information content (AvgIpc) is 2.90. The van der Waals surface area contributed by atoms with Crippen LogP contribution in [0, 0.1) is 12.3 Å². The molecule has 0 bridgehead atoms. The molecule has 2 N–H and O–H groups in total. The molecule has 1 aliphatic carbocycles. The predicted molar refractivity (Wildman–Crippen MR) is 62.9 cm³/mol. The summed E-state index contributed by atoms with van der Waals surface area (Å²) in [6.07, 6.45) is 2.14. The maximum Gasteiger partial charge on any atom is 0.323 e. The maximum absolute atomic E-state index is 11.7. The molecule has 1 saturated heterocycles. The number of amidine groups is 1. The van der Waals surface area contributed by atoms with Crippen LogP contribution in [0.2, 0.25) is 0 Å². The van der Waals surface area contributed by atoms with Crippen molar-refractivity contribution in [2.45, 2.75) is 31.8 Å². The summed E-state index contributed by atoms with van der Waals surface area (Å²) in [5, 5.41) is 10.5. The van der Waals surface area contributed by atoms with E-state index in [2.05, 4.69) is 5.32 Å². The number of carbonyl (C=O) groups is 1. The van der Waals surface area contributed by atoms with Crippen LogP contribution in [0.15, 0.2) is 12.1 Å². The van der Waals surface area contributed by atoms with Crippen LogP contribution in [-0.4, -0.2) is 22.8 Å². The van der Waals surface area contributed by atoms with Gasteiger partial charge >= 0.3 is 6.03 Å². The fraction of sp³-hybridized carbons (Fsp3) is 0.455. The highest BCUT2D eigenvalue weighted by Gasteiger charge is 2.45. The van der Waals surface area contributed by atoms with E-state index in [0.717, 1.165) is 17.7 Å². The average molecular weight is 235 g/mol. The number of amides is 2. The smallest absolute Gasteiger partial charge is 0.306 e. The largest absolute Gasteiger partial charge is 0.323 e. The second kappa shape index (κ2) is 3.31. The molecule has 1 saturated carbocycles. The Kier molecular flexibility index (Phi) is 2.04. The lowest BCUT2D eigenvalue weighted by Crippen LogP contribution is -2.31. The molecule has 2 heterocycles. The first-order valence-corrected chi connectivity index (χ1v) is 6.22. The van der Waals surface area contributed by atoms with Gasteiger partial charge in [-0.1, -0.05) is 0 Å². The molecular weight excluding hydrogens is 222 g/mol. The molecule has 2 amide bonds. The highest BCUT2D eigenvalue weighted by Crippen LogP contribution is 2.39. The third-order valence-corrected chi connectivity index (χ3v) is 4.05. The van der Waals surface area contributed by atoms with Crippen molar-refractivity contribution in [2.24, 2.45) is 0 Å². The Morgan fingerprint density at radius 1 is 1.50 bits per heavy atom. The van der Waals surface area contributed by atoms with Crippen LogP contribution in [-0.2, 0) is 0 Å². The number of carbonyl (C=O) groups excluding carboxylic acids is 1. The van der Waals surface area contributed by atoms with Crippen molar-refractivity contribution >= 4 is 23.2 Å². The Balaban J connectivity index is 1.97. The molecule has 2 fully saturated rings. The number of thiophene rings is 1. The van der Waals surface area contributed by atoms with Gasteiger partial charge in [0.25, 0.3) is 0 Å². The summed E-state index contributed by atoms with van der Waals surface area (Å²) in [7, 11) is 0. The van der Waals surface area contributed by atoms with E-state index >= 15 is 0 Å². The van der Waals surface area contributed by atoms with Gasteiger partial charge in [-0.15, -0.1) is 11.3 Å². The van der Waals surface area contributed by atoms with Crippen LogP contribution < -0.4 is 5.32 Å². The van der Waals surface area contributed by atoms with Crippen molar-refractivity contribution < 1.29 is 4.79 Å². The molecule has 0 radical (unpaired) electrons. The summed E-state index contributed by atoms with van der Waals surface area (Å²) in [6.45, 7) is 2.05. The summed E-state index contributed by atoms with van der Waals surface area (Å²) in [5.41, 5.74) is 0. The topological polar surface area (TPSA) is 56.2 Å². The van der Waals surface area contributed by atoms with Gasteiger partial charge in [-0.25, -0.2) is 4.79 Å². The second-order valence-corrected chi connectivity index (χ2v) is 5.65. The minimum atomic E-state index is -0.168. The molecule has 3 rings (SSSR count). The second-order valence-electron chi connectivity index (χ2n) is 4.33. The zero-order chi connectivity index (χ0) is 11.3. The van der Waals surface area contributed by atoms with Gasteiger partial charge in [-0.05, 0) is 31.9 Å². The van der Waals surface area contributed by atoms with Crippen molar-refractivity contribution in [3.8, 4) is 0 Å². The zero-order valence-corrected chi connectivity index (χ0v) is 9.80. The molecule has 84 valence electrons. The number of urea groups is 1. The summed E-state index contributed by atoms with van der Waals surface area (Å²) < 4.78 is 0. The number of rotatable bonds is 2. The van der Waals surface area contributed by atoms with Crippen LogP contribution in [0.3, 0.4) is 0 Å². The Hall–Kier alpha value is -1.36. The van der Waals surface area contributed by atoms with Crippen LogP contribution in [0.1, 0.15) is 28.6 Å². The van der Waals surface area contributed by atoms with E-state index in [-0.39, 0.29) is 12.1 Å². The van der Waals surface area contributed by atoms with Crippen LogP contribution in [0.25, 0.3) is 0 Å². The molecule has 2 aliphatic rings. The Bertz CT molecular complexity index is 464. The monoisotopic (exact) mass is 235 g/mol. The van der Waals surface area contributed by atoms with E-state index in [1.807, 2.05) is 24.0 Å². The van der Waals surface area contributed by atoms with E-state index in [1.54, 1.807) is 11.3 Å².